The molecule has 18 heavy (non-hydrogen) atoms. The Morgan fingerprint density at radius 2 is 2.00 bits per heavy atom. The Morgan fingerprint density at radius 1 is 1.39 bits per heavy atom. The van der Waals surface area contributed by atoms with Crippen molar-refractivity contribution in [2.45, 2.75) is 24.3 Å². The molecule has 5 nitrogen and oxygen atoms in total. The lowest BCUT2D eigenvalue weighted by Crippen LogP contribution is -2.26. The zero-order valence-electron chi connectivity index (χ0n) is 10.3. The molecule has 2 unspecified atom stereocenters. The van der Waals surface area contributed by atoms with Gasteiger partial charge in [-0.05, 0) is 36.6 Å². The van der Waals surface area contributed by atoms with E-state index in [2.05, 4.69) is 4.72 Å². The molecule has 1 aromatic carbocycles. The van der Waals surface area contributed by atoms with E-state index >= 15 is 0 Å². The van der Waals surface area contributed by atoms with E-state index < -0.39 is 10.0 Å². The van der Waals surface area contributed by atoms with Crippen molar-refractivity contribution in [3.05, 3.63) is 24.3 Å². The van der Waals surface area contributed by atoms with Crippen LogP contribution in [-0.2, 0) is 10.0 Å². The molecule has 1 aromatic rings. The molecular formula is C12H18N2O3S. The van der Waals surface area contributed by atoms with Gasteiger partial charge in [-0.15, -0.1) is 0 Å². The van der Waals surface area contributed by atoms with Gasteiger partial charge in [-0.25, -0.2) is 13.1 Å². The zero-order chi connectivity index (χ0) is 13.2. The molecule has 2 atom stereocenters. The van der Waals surface area contributed by atoms with Crippen molar-refractivity contribution < 1.29 is 13.2 Å². The molecule has 6 heteroatoms. The number of ether oxygens (including phenoxy) is 1. The van der Waals surface area contributed by atoms with Gasteiger partial charge in [0.15, 0.2) is 0 Å². The summed E-state index contributed by atoms with van der Waals surface area (Å²) in [4.78, 5) is 0.265. The number of sulfonamides is 1. The molecule has 1 aliphatic carbocycles. The average Bonchev–Trinajstić information content (AvgIpc) is 3.02. The van der Waals surface area contributed by atoms with Crippen LogP contribution in [0.2, 0.25) is 0 Å². The topological polar surface area (TPSA) is 81.4 Å². The summed E-state index contributed by atoms with van der Waals surface area (Å²) in [7, 11) is -3.40. The summed E-state index contributed by atoms with van der Waals surface area (Å²) in [6, 6.07) is 6.45. The minimum atomic E-state index is -3.40. The molecule has 2 rings (SSSR count). The van der Waals surface area contributed by atoms with Crippen LogP contribution < -0.4 is 15.2 Å². The number of nitrogens with one attached hydrogen (secondary N) is 1. The molecule has 3 N–H and O–H groups in total. The third kappa shape index (κ3) is 3.22. The Kier molecular flexibility index (Phi) is 3.89. The summed E-state index contributed by atoms with van der Waals surface area (Å²) in [5.74, 6) is 1.06. The third-order valence-electron chi connectivity index (χ3n) is 2.94. The summed E-state index contributed by atoms with van der Waals surface area (Å²) >= 11 is 0. The second kappa shape index (κ2) is 5.26. The maximum Gasteiger partial charge on any atom is 0.240 e. The van der Waals surface area contributed by atoms with Crippen LogP contribution in [0.5, 0.6) is 5.75 Å². The highest BCUT2D eigenvalue weighted by Gasteiger charge is 2.36. The molecule has 0 amide bonds. The first kappa shape index (κ1) is 13.3. The molecule has 0 spiro atoms. The lowest BCUT2D eigenvalue weighted by atomic mass is 10.3. The van der Waals surface area contributed by atoms with Gasteiger partial charge in [-0.2, -0.15) is 0 Å². The Hall–Kier alpha value is -1.11. The molecule has 0 radical (unpaired) electrons. The Balaban J connectivity index is 2.03. The highest BCUT2D eigenvalue weighted by atomic mass is 32.2. The number of hydrogen-bond donors (Lipinski definition) is 2. The standard InChI is InChI=1S/C12H18N2O3S/c1-9-8-12(9)14-18(15,16)11-4-2-10(3-5-11)17-7-6-13/h2-5,9,12,14H,6-8,13H2,1H3. The van der Waals surface area contributed by atoms with Crippen molar-refractivity contribution in [3.63, 3.8) is 0 Å². The average molecular weight is 270 g/mol. The van der Waals surface area contributed by atoms with Gasteiger partial charge in [0.05, 0.1) is 4.90 Å². The highest BCUT2D eigenvalue weighted by Crippen LogP contribution is 2.30. The molecule has 0 aromatic heterocycles. The van der Waals surface area contributed by atoms with Gasteiger partial charge in [0.25, 0.3) is 0 Å². The largest absolute Gasteiger partial charge is 0.492 e. The van der Waals surface area contributed by atoms with Crippen LogP contribution in [0.15, 0.2) is 29.2 Å². The first-order valence-corrected chi connectivity index (χ1v) is 7.46. The molecular weight excluding hydrogens is 252 g/mol. The molecule has 100 valence electrons. The first-order chi connectivity index (χ1) is 8.53. The normalized spacial score (nSPS) is 22.8. The van der Waals surface area contributed by atoms with Gasteiger partial charge in [0.1, 0.15) is 12.4 Å². The van der Waals surface area contributed by atoms with Gasteiger partial charge in [0.2, 0.25) is 10.0 Å². The van der Waals surface area contributed by atoms with Gasteiger partial charge in [-0.3, -0.25) is 0 Å². The molecule has 0 aliphatic heterocycles. The van der Waals surface area contributed by atoms with Crippen molar-refractivity contribution >= 4 is 10.0 Å². The molecule has 1 saturated carbocycles. The molecule has 1 fully saturated rings. The second-order valence-corrected chi connectivity index (χ2v) is 6.26. The molecule has 1 aliphatic rings. The van der Waals surface area contributed by atoms with E-state index in [9.17, 15) is 8.42 Å². The quantitative estimate of drug-likeness (QED) is 0.797. The van der Waals surface area contributed by atoms with E-state index in [4.69, 9.17) is 10.5 Å². The first-order valence-electron chi connectivity index (χ1n) is 5.98. The van der Waals surface area contributed by atoms with Crippen molar-refractivity contribution in [2.75, 3.05) is 13.2 Å². The molecule has 0 bridgehead atoms. The van der Waals surface area contributed by atoms with Crippen LogP contribution in [0.1, 0.15) is 13.3 Å². The highest BCUT2D eigenvalue weighted by molar-refractivity contribution is 7.89. The Morgan fingerprint density at radius 3 is 2.50 bits per heavy atom. The number of rotatable bonds is 6. The fraction of sp³-hybridized carbons (Fsp3) is 0.500. The summed E-state index contributed by atoms with van der Waals surface area (Å²) in [6.45, 7) is 2.88. The van der Waals surface area contributed by atoms with Crippen molar-refractivity contribution in [1.82, 2.24) is 4.72 Å². The molecule has 0 heterocycles. The summed E-state index contributed by atoms with van der Waals surface area (Å²) in [6.07, 6.45) is 0.914. The van der Waals surface area contributed by atoms with Crippen LogP contribution in [0.25, 0.3) is 0 Å². The Bertz CT molecular complexity index is 499. The van der Waals surface area contributed by atoms with Crippen LogP contribution >= 0.6 is 0 Å². The zero-order valence-corrected chi connectivity index (χ0v) is 11.1. The maximum absolute atomic E-state index is 12.0. The Labute approximate surface area is 107 Å². The lowest BCUT2D eigenvalue weighted by molar-refractivity contribution is 0.328. The minimum absolute atomic E-state index is 0.0863. The van der Waals surface area contributed by atoms with E-state index in [0.717, 1.165) is 6.42 Å². The second-order valence-electron chi connectivity index (χ2n) is 4.55. The van der Waals surface area contributed by atoms with E-state index in [-0.39, 0.29) is 10.9 Å². The lowest BCUT2D eigenvalue weighted by Gasteiger charge is -2.08. The van der Waals surface area contributed by atoms with E-state index in [0.29, 0.717) is 24.8 Å². The summed E-state index contributed by atoms with van der Waals surface area (Å²) in [5, 5.41) is 0. The number of hydrogen-bond acceptors (Lipinski definition) is 4. The predicted molar refractivity (Wildman–Crippen MR) is 68.9 cm³/mol. The molecule has 0 saturated heterocycles. The van der Waals surface area contributed by atoms with Crippen molar-refractivity contribution in [3.8, 4) is 5.75 Å². The number of benzene rings is 1. The van der Waals surface area contributed by atoms with E-state index in [1.165, 1.54) is 0 Å². The number of nitrogens with two attached hydrogens (primary N) is 1. The van der Waals surface area contributed by atoms with Crippen LogP contribution in [0, 0.1) is 5.92 Å². The van der Waals surface area contributed by atoms with Gasteiger partial charge < -0.3 is 10.5 Å². The third-order valence-corrected chi connectivity index (χ3v) is 4.44. The monoisotopic (exact) mass is 270 g/mol. The van der Waals surface area contributed by atoms with Crippen LogP contribution in [0.4, 0.5) is 0 Å². The van der Waals surface area contributed by atoms with Crippen LogP contribution in [0.3, 0.4) is 0 Å². The smallest absolute Gasteiger partial charge is 0.240 e. The van der Waals surface area contributed by atoms with Crippen molar-refractivity contribution in [1.29, 1.82) is 0 Å². The maximum atomic E-state index is 12.0. The van der Waals surface area contributed by atoms with E-state index in [1.807, 2.05) is 6.92 Å². The van der Waals surface area contributed by atoms with Gasteiger partial charge >= 0.3 is 0 Å². The van der Waals surface area contributed by atoms with Gasteiger partial charge in [-0.1, -0.05) is 6.92 Å². The van der Waals surface area contributed by atoms with Crippen molar-refractivity contribution in [2.24, 2.45) is 11.7 Å². The van der Waals surface area contributed by atoms with E-state index in [1.54, 1.807) is 24.3 Å². The fourth-order valence-corrected chi connectivity index (χ4v) is 3.00. The predicted octanol–water partition coefficient (Wildman–Crippen LogP) is 0.711. The minimum Gasteiger partial charge on any atom is -0.492 e. The summed E-state index contributed by atoms with van der Waals surface area (Å²) in [5.41, 5.74) is 5.32. The van der Waals surface area contributed by atoms with Gasteiger partial charge in [0, 0.05) is 12.6 Å². The fourth-order valence-electron chi connectivity index (χ4n) is 1.65. The van der Waals surface area contributed by atoms with Crippen LogP contribution in [-0.4, -0.2) is 27.6 Å². The SMILES string of the molecule is CC1CC1NS(=O)(=O)c1ccc(OCCN)cc1. The summed E-state index contributed by atoms with van der Waals surface area (Å²) < 4.78 is 31.9.